The molecule has 0 aliphatic rings. The van der Waals surface area contributed by atoms with Crippen molar-refractivity contribution in [1.29, 1.82) is 0 Å². The molecule has 1 atom stereocenters. The summed E-state index contributed by atoms with van der Waals surface area (Å²) in [5.41, 5.74) is 11.2. The first-order valence-corrected chi connectivity index (χ1v) is 9.01. The highest BCUT2D eigenvalue weighted by Gasteiger charge is 2.15. The molecule has 0 amide bonds. The lowest BCUT2D eigenvalue weighted by Gasteiger charge is -2.19. The van der Waals surface area contributed by atoms with Crippen LogP contribution in [-0.4, -0.2) is 20.3 Å². The highest BCUT2D eigenvalue weighted by molar-refractivity contribution is 5.44. The number of aryl methyl sites for hydroxylation is 2. The van der Waals surface area contributed by atoms with Crippen LogP contribution in [0.3, 0.4) is 0 Å². The van der Waals surface area contributed by atoms with Crippen LogP contribution in [0.2, 0.25) is 0 Å². The second-order valence-electron chi connectivity index (χ2n) is 7.19. The van der Waals surface area contributed by atoms with E-state index in [9.17, 15) is 0 Å². The summed E-state index contributed by atoms with van der Waals surface area (Å²) in [6.45, 7) is 9.86. The minimum atomic E-state index is 0.299. The lowest BCUT2D eigenvalue weighted by atomic mass is 9.88. The molecule has 3 nitrogen and oxygen atoms in total. The van der Waals surface area contributed by atoms with Gasteiger partial charge in [0.15, 0.2) is 11.5 Å². The molecule has 136 valence electrons. The third-order valence-corrected chi connectivity index (χ3v) is 4.43. The van der Waals surface area contributed by atoms with Crippen LogP contribution in [0.4, 0.5) is 0 Å². The molecule has 0 fully saturated rings. The van der Waals surface area contributed by atoms with E-state index in [0.29, 0.717) is 25.0 Å². The summed E-state index contributed by atoms with van der Waals surface area (Å²) in [6, 6.07) is 12.8. The van der Waals surface area contributed by atoms with E-state index in [4.69, 9.17) is 15.2 Å². The molecule has 2 aromatic rings. The van der Waals surface area contributed by atoms with Crippen molar-refractivity contribution >= 4 is 0 Å². The van der Waals surface area contributed by atoms with Gasteiger partial charge in [-0.25, -0.2) is 0 Å². The molecule has 25 heavy (non-hydrogen) atoms. The Hall–Kier alpha value is -2.00. The summed E-state index contributed by atoms with van der Waals surface area (Å²) in [7, 11) is 1.69. The Labute approximate surface area is 152 Å². The minimum Gasteiger partial charge on any atom is -0.493 e. The van der Waals surface area contributed by atoms with Gasteiger partial charge in [-0.2, -0.15) is 0 Å². The molecule has 0 spiro atoms. The zero-order chi connectivity index (χ0) is 18.4. The summed E-state index contributed by atoms with van der Waals surface area (Å²) in [4.78, 5) is 0. The maximum atomic E-state index is 6.09. The molecule has 0 saturated carbocycles. The van der Waals surface area contributed by atoms with E-state index < -0.39 is 0 Å². The molecular formula is C22H31NO2. The number of hydrogen-bond acceptors (Lipinski definition) is 3. The van der Waals surface area contributed by atoms with Crippen LogP contribution in [0.5, 0.6) is 11.5 Å². The highest BCUT2D eigenvalue weighted by atomic mass is 16.5. The number of rotatable bonds is 8. The number of nitrogens with two attached hydrogens (primary N) is 1. The maximum Gasteiger partial charge on any atom is 0.161 e. The first kappa shape index (κ1) is 19.3. The summed E-state index contributed by atoms with van der Waals surface area (Å²) < 4.78 is 11.4. The van der Waals surface area contributed by atoms with Crippen LogP contribution in [-0.2, 0) is 6.42 Å². The second kappa shape index (κ2) is 8.91. The number of ether oxygens (including phenoxy) is 2. The van der Waals surface area contributed by atoms with Crippen molar-refractivity contribution in [3.63, 3.8) is 0 Å². The molecule has 0 radical (unpaired) electrons. The SMILES string of the molecule is COc1cc(CC(CN)c2ccc(C)cc2C)ccc1OCC(C)C. The van der Waals surface area contributed by atoms with Gasteiger partial charge in [-0.3, -0.25) is 0 Å². The zero-order valence-corrected chi connectivity index (χ0v) is 16.1. The number of benzene rings is 2. The van der Waals surface area contributed by atoms with Crippen molar-refractivity contribution in [3.05, 3.63) is 58.7 Å². The van der Waals surface area contributed by atoms with Gasteiger partial charge in [0, 0.05) is 5.92 Å². The lowest BCUT2D eigenvalue weighted by molar-refractivity contribution is 0.256. The van der Waals surface area contributed by atoms with Gasteiger partial charge in [0.2, 0.25) is 0 Å². The van der Waals surface area contributed by atoms with Gasteiger partial charge in [0.05, 0.1) is 13.7 Å². The van der Waals surface area contributed by atoms with E-state index >= 15 is 0 Å². The first-order chi connectivity index (χ1) is 11.9. The monoisotopic (exact) mass is 341 g/mol. The van der Waals surface area contributed by atoms with Gasteiger partial charge in [0.1, 0.15) is 0 Å². The predicted octanol–water partition coefficient (Wildman–Crippen LogP) is 4.63. The topological polar surface area (TPSA) is 44.5 Å². The largest absolute Gasteiger partial charge is 0.493 e. The molecule has 0 aliphatic carbocycles. The smallest absolute Gasteiger partial charge is 0.161 e. The number of hydrogen-bond donors (Lipinski definition) is 1. The molecule has 0 aromatic heterocycles. The fourth-order valence-electron chi connectivity index (χ4n) is 3.10. The van der Waals surface area contributed by atoms with Crippen LogP contribution in [0.1, 0.15) is 42.0 Å². The zero-order valence-electron chi connectivity index (χ0n) is 16.1. The predicted molar refractivity (Wildman–Crippen MR) is 105 cm³/mol. The molecule has 0 heterocycles. The summed E-state index contributed by atoms with van der Waals surface area (Å²) in [5, 5.41) is 0. The van der Waals surface area contributed by atoms with Crippen molar-refractivity contribution in [2.75, 3.05) is 20.3 Å². The van der Waals surface area contributed by atoms with Crippen molar-refractivity contribution in [1.82, 2.24) is 0 Å². The Morgan fingerprint density at radius 2 is 1.76 bits per heavy atom. The van der Waals surface area contributed by atoms with Crippen molar-refractivity contribution in [2.45, 2.75) is 40.0 Å². The van der Waals surface area contributed by atoms with Crippen LogP contribution in [0.15, 0.2) is 36.4 Å². The summed E-state index contributed by atoms with van der Waals surface area (Å²) in [5.74, 6) is 2.37. The fraction of sp³-hybridized carbons (Fsp3) is 0.455. The Morgan fingerprint density at radius 1 is 1.00 bits per heavy atom. The van der Waals surface area contributed by atoms with E-state index in [-0.39, 0.29) is 0 Å². The summed E-state index contributed by atoms with van der Waals surface area (Å²) in [6.07, 6.45) is 0.890. The van der Waals surface area contributed by atoms with E-state index in [1.807, 2.05) is 6.07 Å². The van der Waals surface area contributed by atoms with Crippen LogP contribution >= 0.6 is 0 Å². The fourth-order valence-corrected chi connectivity index (χ4v) is 3.10. The van der Waals surface area contributed by atoms with E-state index in [0.717, 1.165) is 17.9 Å². The Kier molecular flexibility index (Phi) is 6.89. The Bertz CT molecular complexity index is 694. The van der Waals surface area contributed by atoms with Gasteiger partial charge >= 0.3 is 0 Å². The minimum absolute atomic E-state index is 0.299. The second-order valence-corrected chi connectivity index (χ2v) is 7.19. The molecule has 1 unspecified atom stereocenters. The van der Waals surface area contributed by atoms with Crippen LogP contribution in [0, 0.1) is 19.8 Å². The normalized spacial score (nSPS) is 12.3. The van der Waals surface area contributed by atoms with Gasteiger partial charge in [-0.15, -0.1) is 0 Å². The standard InChI is InChI=1S/C22H31NO2/c1-15(2)14-25-21-9-7-18(12-22(21)24-5)11-19(13-23)20-8-6-16(3)10-17(20)4/h6-10,12,15,19H,11,13-14,23H2,1-5H3. The van der Waals surface area contributed by atoms with Gasteiger partial charge in [-0.1, -0.05) is 43.7 Å². The maximum absolute atomic E-state index is 6.09. The molecule has 2 N–H and O–H groups in total. The molecule has 0 bridgehead atoms. The lowest BCUT2D eigenvalue weighted by Crippen LogP contribution is -2.16. The number of methoxy groups -OCH3 is 1. The van der Waals surface area contributed by atoms with Crippen LogP contribution < -0.4 is 15.2 Å². The van der Waals surface area contributed by atoms with Gasteiger partial charge < -0.3 is 15.2 Å². The van der Waals surface area contributed by atoms with Crippen molar-refractivity contribution in [3.8, 4) is 11.5 Å². The molecular weight excluding hydrogens is 310 g/mol. The quantitative estimate of drug-likeness (QED) is 0.761. The van der Waals surface area contributed by atoms with Crippen molar-refractivity contribution in [2.24, 2.45) is 11.7 Å². The summed E-state index contributed by atoms with van der Waals surface area (Å²) >= 11 is 0. The van der Waals surface area contributed by atoms with E-state index in [1.54, 1.807) is 7.11 Å². The third kappa shape index (κ3) is 5.23. The van der Waals surface area contributed by atoms with E-state index in [2.05, 4.69) is 58.0 Å². The molecule has 0 saturated heterocycles. The van der Waals surface area contributed by atoms with Gasteiger partial charge in [-0.05, 0) is 61.6 Å². The van der Waals surface area contributed by atoms with Gasteiger partial charge in [0.25, 0.3) is 0 Å². The molecule has 2 aromatic carbocycles. The van der Waals surface area contributed by atoms with Crippen LogP contribution in [0.25, 0.3) is 0 Å². The average molecular weight is 341 g/mol. The average Bonchev–Trinajstić information content (AvgIpc) is 2.58. The first-order valence-electron chi connectivity index (χ1n) is 9.01. The molecule has 0 aliphatic heterocycles. The molecule has 2 rings (SSSR count). The Morgan fingerprint density at radius 3 is 2.36 bits per heavy atom. The van der Waals surface area contributed by atoms with E-state index in [1.165, 1.54) is 22.3 Å². The Balaban J connectivity index is 2.19. The van der Waals surface area contributed by atoms with Crippen molar-refractivity contribution < 1.29 is 9.47 Å². The highest BCUT2D eigenvalue weighted by Crippen LogP contribution is 2.31. The molecule has 3 heteroatoms. The third-order valence-electron chi connectivity index (χ3n) is 4.43.